The van der Waals surface area contributed by atoms with E-state index < -0.39 is 29.7 Å². The maximum Gasteiger partial charge on any atom is 0.417 e. The predicted molar refractivity (Wildman–Crippen MR) is 67.1 cm³/mol. The van der Waals surface area contributed by atoms with E-state index in [4.69, 9.17) is 9.84 Å². The minimum Gasteiger partial charge on any atom is -0.481 e. The van der Waals surface area contributed by atoms with Crippen LogP contribution in [0.2, 0.25) is 0 Å². The van der Waals surface area contributed by atoms with Crippen molar-refractivity contribution in [2.24, 2.45) is 0 Å². The van der Waals surface area contributed by atoms with Crippen LogP contribution in [0, 0.1) is 0 Å². The summed E-state index contributed by atoms with van der Waals surface area (Å²) in [5.41, 5.74) is -1.06. The van der Waals surface area contributed by atoms with E-state index in [-0.39, 0.29) is 31.8 Å². The third-order valence-corrected chi connectivity index (χ3v) is 3.14. The van der Waals surface area contributed by atoms with Gasteiger partial charge in [0.15, 0.2) is 0 Å². The SMILES string of the molecule is O=C(O)CC1CN(C(=O)c2ccc(C(F)(F)F)cn2)CCO1. The second-order valence-corrected chi connectivity index (χ2v) is 4.77. The highest BCUT2D eigenvalue weighted by Gasteiger charge is 2.32. The highest BCUT2D eigenvalue weighted by Crippen LogP contribution is 2.28. The lowest BCUT2D eigenvalue weighted by molar-refractivity contribution is -0.141. The number of carbonyl (C=O) groups excluding carboxylic acids is 1. The van der Waals surface area contributed by atoms with Gasteiger partial charge in [-0.05, 0) is 12.1 Å². The van der Waals surface area contributed by atoms with Crippen LogP contribution in [0.15, 0.2) is 18.3 Å². The molecule has 0 bridgehead atoms. The molecule has 0 aromatic carbocycles. The van der Waals surface area contributed by atoms with Gasteiger partial charge >= 0.3 is 12.1 Å². The van der Waals surface area contributed by atoms with Crippen LogP contribution in [-0.4, -0.2) is 52.7 Å². The number of carboxylic acid groups (broad SMARTS) is 1. The first-order chi connectivity index (χ1) is 10.3. The van der Waals surface area contributed by atoms with E-state index in [1.165, 1.54) is 4.90 Å². The van der Waals surface area contributed by atoms with Crippen LogP contribution < -0.4 is 0 Å². The zero-order valence-corrected chi connectivity index (χ0v) is 11.3. The Labute approximate surface area is 123 Å². The highest BCUT2D eigenvalue weighted by molar-refractivity contribution is 5.92. The largest absolute Gasteiger partial charge is 0.481 e. The van der Waals surface area contributed by atoms with Crippen molar-refractivity contribution in [3.05, 3.63) is 29.6 Å². The Morgan fingerprint density at radius 2 is 2.14 bits per heavy atom. The van der Waals surface area contributed by atoms with Crippen molar-refractivity contribution in [3.8, 4) is 0 Å². The normalized spacial score (nSPS) is 19.0. The van der Waals surface area contributed by atoms with E-state index in [0.29, 0.717) is 6.20 Å². The molecule has 2 heterocycles. The van der Waals surface area contributed by atoms with E-state index in [1.807, 2.05) is 0 Å². The summed E-state index contributed by atoms with van der Waals surface area (Å²) in [7, 11) is 0. The van der Waals surface area contributed by atoms with E-state index >= 15 is 0 Å². The monoisotopic (exact) mass is 318 g/mol. The smallest absolute Gasteiger partial charge is 0.417 e. The first kappa shape index (κ1) is 16.2. The van der Waals surface area contributed by atoms with Gasteiger partial charge in [-0.15, -0.1) is 0 Å². The summed E-state index contributed by atoms with van der Waals surface area (Å²) in [5, 5.41) is 8.71. The van der Waals surface area contributed by atoms with E-state index in [0.717, 1.165) is 12.1 Å². The first-order valence-corrected chi connectivity index (χ1v) is 6.43. The van der Waals surface area contributed by atoms with Gasteiger partial charge in [-0.2, -0.15) is 13.2 Å². The van der Waals surface area contributed by atoms with Crippen molar-refractivity contribution < 1.29 is 32.6 Å². The predicted octanol–water partition coefficient (Wildman–Crippen LogP) is 1.42. The van der Waals surface area contributed by atoms with Crippen molar-refractivity contribution >= 4 is 11.9 Å². The number of amides is 1. The number of rotatable bonds is 3. The summed E-state index contributed by atoms with van der Waals surface area (Å²) in [5.74, 6) is -1.60. The summed E-state index contributed by atoms with van der Waals surface area (Å²) >= 11 is 0. The number of aromatic nitrogens is 1. The molecule has 1 amide bonds. The lowest BCUT2D eigenvalue weighted by Crippen LogP contribution is -2.46. The first-order valence-electron chi connectivity index (χ1n) is 6.43. The van der Waals surface area contributed by atoms with Gasteiger partial charge in [-0.25, -0.2) is 0 Å². The molecule has 1 N–H and O–H groups in total. The Morgan fingerprint density at radius 3 is 2.68 bits per heavy atom. The van der Waals surface area contributed by atoms with Crippen LogP contribution in [0.1, 0.15) is 22.5 Å². The van der Waals surface area contributed by atoms with Crippen molar-refractivity contribution in [3.63, 3.8) is 0 Å². The molecule has 2 rings (SSSR count). The maximum absolute atomic E-state index is 12.4. The molecule has 0 aliphatic carbocycles. The van der Waals surface area contributed by atoms with Gasteiger partial charge in [0, 0.05) is 19.3 Å². The Balaban J connectivity index is 2.06. The van der Waals surface area contributed by atoms with Crippen molar-refractivity contribution in [1.29, 1.82) is 0 Å². The molecule has 1 unspecified atom stereocenters. The average Bonchev–Trinajstić information content (AvgIpc) is 2.45. The molecule has 1 atom stereocenters. The molecule has 0 saturated carbocycles. The third-order valence-electron chi connectivity index (χ3n) is 3.14. The van der Waals surface area contributed by atoms with Gasteiger partial charge in [0.25, 0.3) is 5.91 Å². The fourth-order valence-corrected chi connectivity index (χ4v) is 2.07. The fraction of sp³-hybridized carbons (Fsp3) is 0.462. The van der Waals surface area contributed by atoms with Gasteiger partial charge in [0.2, 0.25) is 0 Å². The zero-order valence-electron chi connectivity index (χ0n) is 11.3. The Bertz CT molecular complexity index is 559. The van der Waals surface area contributed by atoms with Crippen LogP contribution >= 0.6 is 0 Å². The second-order valence-electron chi connectivity index (χ2n) is 4.77. The van der Waals surface area contributed by atoms with Gasteiger partial charge in [-0.1, -0.05) is 0 Å². The van der Waals surface area contributed by atoms with Crippen LogP contribution in [0.5, 0.6) is 0 Å². The molecule has 0 radical (unpaired) electrons. The fourth-order valence-electron chi connectivity index (χ4n) is 2.07. The van der Waals surface area contributed by atoms with Crippen LogP contribution in [0.25, 0.3) is 0 Å². The summed E-state index contributed by atoms with van der Waals surface area (Å²) in [4.78, 5) is 27.7. The number of carboxylic acids is 1. The quantitative estimate of drug-likeness (QED) is 0.911. The Hall–Kier alpha value is -2.16. The number of ether oxygens (including phenoxy) is 1. The maximum atomic E-state index is 12.4. The number of morpholine rings is 1. The molecule has 1 fully saturated rings. The van der Waals surface area contributed by atoms with E-state index in [1.54, 1.807) is 0 Å². The zero-order chi connectivity index (χ0) is 16.3. The third kappa shape index (κ3) is 3.94. The van der Waals surface area contributed by atoms with Crippen LogP contribution in [-0.2, 0) is 15.7 Å². The second kappa shape index (κ2) is 6.30. The molecule has 0 spiro atoms. The molecule has 9 heteroatoms. The molecule has 6 nitrogen and oxygen atoms in total. The highest BCUT2D eigenvalue weighted by atomic mass is 19.4. The molecule has 1 aromatic heterocycles. The minimum absolute atomic E-state index is 0.0633. The summed E-state index contributed by atoms with van der Waals surface area (Å²) in [6.07, 6.45) is -4.79. The van der Waals surface area contributed by atoms with Gasteiger partial charge < -0.3 is 14.7 Å². The molecule has 1 aliphatic heterocycles. The molecular weight excluding hydrogens is 305 g/mol. The Kier molecular flexibility index (Phi) is 4.65. The summed E-state index contributed by atoms with van der Waals surface area (Å²) < 4.78 is 42.5. The molecule has 1 aliphatic rings. The summed E-state index contributed by atoms with van der Waals surface area (Å²) in [6.45, 7) is 0.468. The molecule has 1 saturated heterocycles. The number of pyridine rings is 1. The topological polar surface area (TPSA) is 79.7 Å². The van der Waals surface area contributed by atoms with Crippen LogP contribution in [0.3, 0.4) is 0 Å². The van der Waals surface area contributed by atoms with Gasteiger partial charge in [0.05, 0.1) is 24.7 Å². The molecule has 1 aromatic rings. The summed E-state index contributed by atoms with van der Waals surface area (Å²) in [6, 6.07) is 1.79. The number of hydrogen-bond donors (Lipinski definition) is 1. The van der Waals surface area contributed by atoms with E-state index in [2.05, 4.69) is 4.98 Å². The minimum atomic E-state index is -4.51. The lowest BCUT2D eigenvalue weighted by Gasteiger charge is -2.32. The van der Waals surface area contributed by atoms with Crippen LogP contribution in [0.4, 0.5) is 13.2 Å². The van der Waals surface area contributed by atoms with Crippen molar-refractivity contribution in [2.75, 3.05) is 19.7 Å². The molecule has 120 valence electrons. The molecule has 22 heavy (non-hydrogen) atoms. The van der Waals surface area contributed by atoms with Crippen molar-refractivity contribution in [1.82, 2.24) is 9.88 Å². The van der Waals surface area contributed by atoms with E-state index in [9.17, 15) is 22.8 Å². The number of nitrogens with zero attached hydrogens (tertiary/aromatic N) is 2. The molecular formula is C13H13F3N2O4. The number of halogens is 3. The van der Waals surface area contributed by atoms with Gasteiger partial charge in [-0.3, -0.25) is 14.6 Å². The average molecular weight is 318 g/mol. The number of carbonyl (C=O) groups is 2. The number of aliphatic carboxylic acids is 1. The standard InChI is InChI=1S/C13H13F3N2O4/c14-13(15,16)8-1-2-10(17-6-8)12(21)18-3-4-22-9(7-18)5-11(19)20/h1-2,6,9H,3-5,7H2,(H,19,20). The number of alkyl halides is 3. The lowest BCUT2D eigenvalue weighted by atomic mass is 10.2. The van der Waals surface area contributed by atoms with Crippen molar-refractivity contribution in [2.45, 2.75) is 18.7 Å². The Morgan fingerprint density at radius 1 is 1.41 bits per heavy atom. The number of hydrogen-bond acceptors (Lipinski definition) is 4. The van der Waals surface area contributed by atoms with Gasteiger partial charge in [0.1, 0.15) is 5.69 Å².